The van der Waals surface area contributed by atoms with Gasteiger partial charge in [-0.1, -0.05) is 57.9 Å². The fourth-order valence-electron chi connectivity index (χ4n) is 4.89. The fourth-order valence-corrected chi connectivity index (χ4v) is 10.7. The molecule has 0 saturated heterocycles. The lowest BCUT2D eigenvalue weighted by Gasteiger charge is -2.00. The third-order valence-electron chi connectivity index (χ3n) is 6.93. The summed E-state index contributed by atoms with van der Waals surface area (Å²) in [6.07, 6.45) is 13.4. The Balaban J connectivity index is 1.19. The molecule has 0 atom stereocenters. The second-order valence-corrected chi connectivity index (χ2v) is 15.6. The first-order chi connectivity index (χ1) is 19.2. The van der Waals surface area contributed by atoms with Crippen LogP contribution in [0, 0.1) is 22.7 Å². The van der Waals surface area contributed by atoms with Crippen LogP contribution in [0.25, 0.3) is 19.2 Å². The van der Waals surface area contributed by atoms with E-state index in [1.165, 1.54) is 90.0 Å². The van der Waals surface area contributed by atoms with Gasteiger partial charge in [0.1, 0.15) is 12.1 Å². The fraction of sp³-hybridized carbons (Fsp3) is 0.375. The predicted octanol–water partition coefficient (Wildman–Crippen LogP) is 11.4. The third kappa shape index (κ3) is 7.28. The van der Waals surface area contributed by atoms with Crippen molar-refractivity contribution in [1.29, 1.82) is 10.5 Å². The van der Waals surface area contributed by atoms with E-state index >= 15 is 0 Å². The Morgan fingerprint density at radius 1 is 0.641 bits per heavy atom. The highest BCUT2D eigenvalue weighted by molar-refractivity contribution is 7.28. The van der Waals surface area contributed by atoms with E-state index in [0.29, 0.717) is 0 Å². The monoisotopic (exact) mass is 604 g/mol. The molecular formula is C32H32N2S5. The third-order valence-corrected chi connectivity index (χ3v) is 12.6. The summed E-state index contributed by atoms with van der Waals surface area (Å²) in [5.41, 5.74) is 1.65. The molecule has 5 rings (SSSR count). The van der Waals surface area contributed by atoms with Crippen LogP contribution in [0.3, 0.4) is 0 Å². The Kier molecular flexibility index (Phi) is 10.1. The molecule has 0 radical (unpaired) electrons. The Hall–Kier alpha value is -2.26. The molecule has 0 amide bonds. The number of hydrogen-bond acceptors (Lipinski definition) is 7. The first-order valence-electron chi connectivity index (χ1n) is 13.8. The number of thiophene rings is 5. The van der Waals surface area contributed by atoms with Crippen molar-refractivity contribution < 1.29 is 0 Å². The molecule has 0 aromatic carbocycles. The summed E-state index contributed by atoms with van der Waals surface area (Å²) in [5, 5.41) is 21.5. The maximum atomic E-state index is 9.74. The molecule has 0 aliphatic rings. The van der Waals surface area contributed by atoms with Crippen molar-refractivity contribution in [2.75, 3.05) is 0 Å². The molecule has 200 valence electrons. The van der Waals surface area contributed by atoms with Gasteiger partial charge in [-0.25, -0.2) is 0 Å². The number of aryl methyl sites for hydroxylation is 1. The topological polar surface area (TPSA) is 47.6 Å². The molecule has 0 unspecified atom stereocenters. The van der Waals surface area contributed by atoms with Gasteiger partial charge < -0.3 is 0 Å². The van der Waals surface area contributed by atoms with Gasteiger partial charge in [0.05, 0.1) is 11.1 Å². The molecule has 0 bridgehead atoms. The first-order valence-corrected chi connectivity index (χ1v) is 17.9. The number of hydrogen-bond donors (Lipinski definition) is 0. The number of fused-ring (bicyclic) bond motifs is 1. The predicted molar refractivity (Wildman–Crippen MR) is 173 cm³/mol. The highest BCUT2D eigenvalue weighted by Gasteiger charge is 2.16. The Labute approximate surface area is 251 Å². The van der Waals surface area contributed by atoms with Crippen LogP contribution in [-0.2, 0) is 19.3 Å². The van der Waals surface area contributed by atoms with Crippen LogP contribution >= 0.6 is 56.7 Å². The lowest BCUT2D eigenvalue weighted by atomic mass is 10.1. The minimum Gasteiger partial charge on any atom is -0.192 e. The van der Waals surface area contributed by atoms with E-state index < -0.39 is 0 Å². The van der Waals surface area contributed by atoms with E-state index in [0.717, 1.165) is 35.3 Å². The highest BCUT2D eigenvalue weighted by atomic mass is 32.1. The second kappa shape index (κ2) is 13.9. The minimum atomic E-state index is 0.797. The summed E-state index contributed by atoms with van der Waals surface area (Å²) in [4.78, 5) is 8.76. The number of nitrogens with zero attached hydrogens (tertiary/aromatic N) is 2. The van der Waals surface area contributed by atoms with Crippen LogP contribution in [0.4, 0.5) is 0 Å². The average Bonchev–Trinajstić information content (AvgIpc) is 3.75. The van der Waals surface area contributed by atoms with Crippen LogP contribution < -0.4 is 0 Å². The van der Waals surface area contributed by atoms with Crippen LogP contribution in [0.5, 0.6) is 0 Å². The van der Waals surface area contributed by atoms with Crippen molar-refractivity contribution in [2.24, 2.45) is 0 Å². The Morgan fingerprint density at radius 2 is 1.26 bits per heavy atom. The second-order valence-electron chi connectivity index (χ2n) is 9.93. The maximum Gasteiger partial charge on any atom is 0.100 e. The molecule has 0 aliphatic heterocycles. The van der Waals surface area contributed by atoms with Gasteiger partial charge in [-0.05, 0) is 48.6 Å². The van der Waals surface area contributed by atoms with E-state index in [2.05, 4.69) is 54.8 Å². The Morgan fingerprint density at radius 3 is 1.87 bits per heavy atom. The minimum absolute atomic E-state index is 0.797. The van der Waals surface area contributed by atoms with Crippen molar-refractivity contribution in [3.05, 3.63) is 77.3 Å². The van der Waals surface area contributed by atoms with Crippen molar-refractivity contribution in [1.82, 2.24) is 0 Å². The number of nitriles is 2. The molecule has 5 aromatic rings. The largest absolute Gasteiger partial charge is 0.192 e. The van der Waals surface area contributed by atoms with Gasteiger partial charge in [-0.15, -0.1) is 56.7 Å². The van der Waals surface area contributed by atoms with E-state index in [1.54, 1.807) is 22.7 Å². The van der Waals surface area contributed by atoms with Gasteiger partial charge in [-0.3, -0.25) is 0 Å². The smallest absolute Gasteiger partial charge is 0.100 e. The van der Waals surface area contributed by atoms with Gasteiger partial charge in [0, 0.05) is 56.4 Å². The average molecular weight is 605 g/mol. The summed E-state index contributed by atoms with van der Waals surface area (Å²) < 4.78 is 2.63. The maximum absolute atomic E-state index is 9.74. The highest BCUT2D eigenvalue weighted by Crippen LogP contribution is 2.39. The summed E-state index contributed by atoms with van der Waals surface area (Å²) in [6.45, 7) is 2.27. The van der Waals surface area contributed by atoms with E-state index in [1.807, 2.05) is 40.1 Å². The number of unbranched alkanes of at least 4 members (excludes halogenated alkanes) is 7. The normalized spacial score (nSPS) is 11.3. The molecule has 5 heterocycles. The summed E-state index contributed by atoms with van der Waals surface area (Å²) in [7, 11) is 0. The van der Waals surface area contributed by atoms with Crippen LogP contribution in [0.2, 0.25) is 0 Å². The summed E-state index contributed by atoms with van der Waals surface area (Å²) >= 11 is 8.98. The molecule has 2 nitrogen and oxygen atoms in total. The lowest BCUT2D eigenvalue weighted by Crippen LogP contribution is -1.83. The van der Waals surface area contributed by atoms with E-state index in [-0.39, 0.29) is 0 Å². The SMILES string of the molecule is CCCCCCCCCCc1cc(C#N)c(Cc2cc3sc(Cc4sc(-c5cccs5)cc4C#N)cc3s2)s1. The number of rotatable bonds is 14. The van der Waals surface area contributed by atoms with E-state index in [4.69, 9.17) is 0 Å². The standard InChI is InChI=1S/C32H32N2S5/c1-2-3-4-5-6-7-8-9-11-24-14-22(20-33)28(36-24)16-25-18-31-32(37-25)19-26(38-31)17-29-23(21-34)15-30(39-29)27-12-10-13-35-27/h10,12-15,18-19H,2-9,11,16-17H2,1H3. The Bertz CT molecular complexity index is 1550. The first kappa shape index (κ1) is 28.3. The zero-order valence-corrected chi connectivity index (χ0v) is 26.3. The molecule has 0 fully saturated rings. The summed E-state index contributed by atoms with van der Waals surface area (Å²) in [6, 6.07) is 17.8. The molecule has 0 N–H and O–H groups in total. The molecule has 5 aromatic heterocycles. The zero-order valence-electron chi connectivity index (χ0n) is 22.3. The van der Waals surface area contributed by atoms with Gasteiger partial charge in [-0.2, -0.15) is 10.5 Å². The summed E-state index contributed by atoms with van der Waals surface area (Å²) in [5.74, 6) is 0. The van der Waals surface area contributed by atoms with Crippen molar-refractivity contribution in [2.45, 2.75) is 77.6 Å². The zero-order chi connectivity index (χ0) is 27.0. The van der Waals surface area contributed by atoms with Crippen LogP contribution in [-0.4, -0.2) is 0 Å². The molecule has 0 saturated carbocycles. The molecule has 0 spiro atoms. The molecule has 7 heteroatoms. The quantitative estimate of drug-likeness (QED) is 0.118. The van der Waals surface area contributed by atoms with Gasteiger partial charge in [0.25, 0.3) is 0 Å². The lowest BCUT2D eigenvalue weighted by molar-refractivity contribution is 0.576. The molecule has 0 aliphatic carbocycles. The molecular weight excluding hydrogens is 573 g/mol. The van der Waals surface area contributed by atoms with Crippen molar-refractivity contribution in [3.8, 4) is 21.9 Å². The van der Waals surface area contributed by atoms with Gasteiger partial charge in [0.15, 0.2) is 0 Å². The van der Waals surface area contributed by atoms with Crippen molar-refractivity contribution in [3.63, 3.8) is 0 Å². The van der Waals surface area contributed by atoms with E-state index in [9.17, 15) is 10.5 Å². The molecule has 39 heavy (non-hydrogen) atoms. The van der Waals surface area contributed by atoms with Crippen LogP contribution in [0.15, 0.2) is 41.8 Å². The van der Waals surface area contributed by atoms with Gasteiger partial charge in [0.2, 0.25) is 0 Å². The van der Waals surface area contributed by atoms with Crippen molar-refractivity contribution >= 4 is 66.1 Å². The van der Waals surface area contributed by atoms with Gasteiger partial charge >= 0.3 is 0 Å². The van der Waals surface area contributed by atoms with Crippen LogP contribution in [0.1, 0.15) is 93.8 Å².